The fourth-order valence-electron chi connectivity index (χ4n) is 1.65. The molecule has 1 rings (SSSR count). The van der Waals surface area contributed by atoms with Crippen molar-refractivity contribution in [2.24, 2.45) is 5.73 Å². The van der Waals surface area contributed by atoms with Gasteiger partial charge in [-0.2, -0.15) is 0 Å². The van der Waals surface area contributed by atoms with Gasteiger partial charge in [0.25, 0.3) is 0 Å². The lowest BCUT2D eigenvalue weighted by Crippen LogP contribution is -2.18. The molecule has 1 aromatic carbocycles. The van der Waals surface area contributed by atoms with Crippen LogP contribution in [0.2, 0.25) is 0 Å². The van der Waals surface area contributed by atoms with Crippen LogP contribution in [0, 0.1) is 12.7 Å². The quantitative estimate of drug-likeness (QED) is 0.830. The summed E-state index contributed by atoms with van der Waals surface area (Å²) >= 11 is 0. The topological polar surface area (TPSA) is 35.2 Å². The van der Waals surface area contributed by atoms with Gasteiger partial charge in [0.2, 0.25) is 0 Å². The largest absolute Gasteiger partial charge is 0.493 e. The summed E-state index contributed by atoms with van der Waals surface area (Å²) in [6.07, 6.45) is 0.633. The second-order valence-electron chi connectivity index (χ2n) is 3.83. The number of rotatable bonds is 4. The van der Waals surface area contributed by atoms with Crippen LogP contribution in [0.4, 0.5) is 4.39 Å². The van der Waals surface area contributed by atoms with Crippen LogP contribution in [-0.2, 0) is 6.42 Å². The molecule has 0 aliphatic rings. The Bertz CT molecular complexity index is 337. The van der Waals surface area contributed by atoms with Gasteiger partial charge in [0, 0.05) is 6.04 Å². The van der Waals surface area contributed by atoms with Crippen molar-refractivity contribution < 1.29 is 9.13 Å². The fourth-order valence-corrected chi connectivity index (χ4v) is 1.65. The molecule has 0 saturated carbocycles. The summed E-state index contributed by atoms with van der Waals surface area (Å²) in [5.74, 6) is 0.544. The molecule has 0 spiro atoms. The molecule has 15 heavy (non-hydrogen) atoms. The molecule has 0 saturated heterocycles. The zero-order valence-electron chi connectivity index (χ0n) is 9.51. The van der Waals surface area contributed by atoms with E-state index in [1.165, 1.54) is 12.1 Å². The minimum Gasteiger partial charge on any atom is -0.493 e. The Labute approximate surface area is 90.2 Å². The van der Waals surface area contributed by atoms with Crippen molar-refractivity contribution in [1.29, 1.82) is 0 Å². The van der Waals surface area contributed by atoms with E-state index in [-0.39, 0.29) is 11.9 Å². The third-order valence-corrected chi connectivity index (χ3v) is 2.15. The molecule has 0 aliphatic heterocycles. The molecule has 1 aromatic rings. The lowest BCUT2D eigenvalue weighted by molar-refractivity contribution is 0.332. The summed E-state index contributed by atoms with van der Waals surface area (Å²) in [5, 5.41) is 0. The average Bonchev–Trinajstić information content (AvgIpc) is 2.10. The first-order valence-electron chi connectivity index (χ1n) is 5.22. The number of hydrogen-bond acceptors (Lipinski definition) is 2. The molecule has 0 amide bonds. The van der Waals surface area contributed by atoms with Crippen LogP contribution in [0.15, 0.2) is 12.1 Å². The molecule has 0 fully saturated rings. The van der Waals surface area contributed by atoms with E-state index in [9.17, 15) is 4.39 Å². The molecule has 1 atom stereocenters. The molecule has 2 nitrogen and oxygen atoms in total. The Morgan fingerprint density at radius 1 is 1.47 bits per heavy atom. The van der Waals surface area contributed by atoms with E-state index in [1.807, 2.05) is 20.8 Å². The van der Waals surface area contributed by atoms with Crippen molar-refractivity contribution in [2.75, 3.05) is 6.61 Å². The predicted molar refractivity (Wildman–Crippen MR) is 59.7 cm³/mol. The lowest BCUT2D eigenvalue weighted by Gasteiger charge is -2.14. The van der Waals surface area contributed by atoms with E-state index < -0.39 is 0 Å². The van der Waals surface area contributed by atoms with E-state index in [0.717, 1.165) is 16.9 Å². The Hall–Kier alpha value is -1.09. The van der Waals surface area contributed by atoms with Crippen molar-refractivity contribution in [1.82, 2.24) is 0 Å². The summed E-state index contributed by atoms with van der Waals surface area (Å²) in [7, 11) is 0. The zero-order chi connectivity index (χ0) is 11.4. The van der Waals surface area contributed by atoms with Gasteiger partial charge in [0.1, 0.15) is 11.6 Å². The van der Waals surface area contributed by atoms with Crippen molar-refractivity contribution in [2.45, 2.75) is 33.2 Å². The lowest BCUT2D eigenvalue weighted by atomic mass is 10.0. The standard InChI is InChI=1S/C12H18FNO/c1-4-15-12-8(2)5-11(13)7-10(12)6-9(3)14/h5,7,9H,4,6,14H2,1-3H3. The van der Waals surface area contributed by atoms with Crippen LogP contribution < -0.4 is 10.5 Å². The van der Waals surface area contributed by atoms with E-state index >= 15 is 0 Å². The van der Waals surface area contributed by atoms with Crippen LogP contribution in [0.5, 0.6) is 5.75 Å². The summed E-state index contributed by atoms with van der Waals surface area (Å²) in [6.45, 7) is 6.24. The zero-order valence-corrected chi connectivity index (χ0v) is 9.51. The molecule has 1 unspecified atom stereocenters. The molecule has 3 heteroatoms. The second kappa shape index (κ2) is 5.12. The third kappa shape index (κ3) is 3.20. The van der Waals surface area contributed by atoms with Crippen LogP contribution in [0.1, 0.15) is 25.0 Å². The Kier molecular flexibility index (Phi) is 4.09. The number of halogens is 1. The summed E-state index contributed by atoms with van der Waals surface area (Å²) in [6, 6.07) is 2.99. The highest BCUT2D eigenvalue weighted by Gasteiger charge is 2.10. The summed E-state index contributed by atoms with van der Waals surface area (Å²) < 4.78 is 18.7. The van der Waals surface area contributed by atoms with Gasteiger partial charge in [-0.1, -0.05) is 0 Å². The predicted octanol–water partition coefficient (Wildman–Crippen LogP) is 2.42. The molecule has 0 bridgehead atoms. The van der Waals surface area contributed by atoms with Crippen LogP contribution in [0.25, 0.3) is 0 Å². The van der Waals surface area contributed by atoms with E-state index in [4.69, 9.17) is 10.5 Å². The number of nitrogens with two attached hydrogens (primary N) is 1. The highest BCUT2D eigenvalue weighted by molar-refractivity contribution is 5.41. The highest BCUT2D eigenvalue weighted by atomic mass is 19.1. The molecule has 0 heterocycles. The maximum absolute atomic E-state index is 13.2. The number of benzene rings is 1. The number of ether oxygens (including phenoxy) is 1. The van der Waals surface area contributed by atoms with E-state index in [2.05, 4.69) is 0 Å². The van der Waals surface area contributed by atoms with Gasteiger partial charge < -0.3 is 10.5 Å². The molecule has 0 radical (unpaired) electrons. The fraction of sp³-hybridized carbons (Fsp3) is 0.500. The van der Waals surface area contributed by atoms with Gasteiger partial charge in [0.05, 0.1) is 6.61 Å². The molecule has 0 aromatic heterocycles. The van der Waals surface area contributed by atoms with Gasteiger partial charge in [-0.3, -0.25) is 0 Å². The first-order valence-corrected chi connectivity index (χ1v) is 5.22. The Morgan fingerprint density at radius 2 is 2.13 bits per heavy atom. The van der Waals surface area contributed by atoms with Gasteiger partial charge in [-0.15, -0.1) is 0 Å². The van der Waals surface area contributed by atoms with Crippen molar-refractivity contribution in [3.63, 3.8) is 0 Å². The van der Waals surface area contributed by atoms with Gasteiger partial charge in [0.15, 0.2) is 0 Å². The van der Waals surface area contributed by atoms with E-state index in [0.29, 0.717) is 13.0 Å². The Balaban J connectivity index is 3.08. The number of aryl methyl sites for hydroxylation is 1. The first-order chi connectivity index (χ1) is 7.04. The van der Waals surface area contributed by atoms with Crippen molar-refractivity contribution in [3.05, 3.63) is 29.1 Å². The average molecular weight is 211 g/mol. The molecule has 2 N–H and O–H groups in total. The molecule has 84 valence electrons. The van der Waals surface area contributed by atoms with E-state index in [1.54, 1.807) is 0 Å². The second-order valence-corrected chi connectivity index (χ2v) is 3.83. The molecular weight excluding hydrogens is 193 g/mol. The van der Waals surface area contributed by atoms with Crippen molar-refractivity contribution in [3.8, 4) is 5.75 Å². The number of hydrogen-bond donors (Lipinski definition) is 1. The SMILES string of the molecule is CCOc1c(C)cc(F)cc1CC(C)N. The van der Waals surface area contributed by atoms with Crippen molar-refractivity contribution >= 4 is 0 Å². The van der Waals surface area contributed by atoms with Gasteiger partial charge >= 0.3 is 0 Å². The normalized spacial score (nSPS) is 12.6. The minimum atomic E-state index is -0.230. The molecular formula is C12H18FNO. The maximum Gasteiger partial charge on any atom is 0.125 e. The molecule has 0 aliphatic carbocycles. The third-order valence-electron chi connectivity index (χ3n) is 2.15. The summed E-state index contributed by atoms with van der Waals surface area (Å²) in [4.78, 5) is 0. The van der Waals surface area contributed by atoms with Gasteiger partial charge in [-0.05, 0) is 50.5 Å². The van der Waals surface area contributed by atoms with Crippen LogP contribution in [-0.4, -0.2) is 12.6 Å². The van der Waals surface area contributed by atoms with Crippen LogP contribution in [0.3, 0.4) is 0 Å². The summed E-state index contributed by atoms with van der Waals surface area (Å²) in [5.41, 5.74) is 7.39. The highest BCUT2D eigenvalue weighted by Crippen LogP contribution is 2.26. The van der Waals surface area contributed by atoms with Crippen LogP contribution >= 0.6 is 0 Å². The minimum absolute atomic E-state index is 0.00501. The maximum atomic E-state index is 13.2. The smallest absolute Gasteiger partial charge is 0.125 e. The monoisotopic (exact) mass is 211 g/mol. The first kappa shape index (κ1) is 12.0. The van der Waals surface area contributed by atoms with Gasteiger partial charge in [-0.25, -0.2) is 4.39 Å². The Morgan fingerprint density at radius 3 is 2.67 bits per heavy atom.